The van der Waals surface area contributed by atoms with Crippen LogP contribution in [0, 0.1) is 13.8 Å². The highest BCUT2D eigenvalue weighted by molar-refractivity contribution is 6.35. The van der Waals surface area contributed by atoms with E-state index in [0.717, 1.165) is 29.8 Å². The van der Waals surface area contributed by atoms with Gasteiger partial charge in [0.05, 0.1) is 10.7 Å². The zero-order chi connectivity index (χ0) is 24.8. The lowest BCUT2D eigenvalue weighted by Crippen LogP contribution is -2.32. The van der Waals surface area contributed by atoms with Crippen molar-refractivity contribution in [3.05, 3.63) is 74.1 Å². The van der Waals surface area contributed by atoms with E-state index in [1.807, 2.05) is 26.0 Å². The van der Waals surface area contributed by atoms with Crippen molar-refractivity contribution < 1.29 is 14.3 Å². The number of carbonyl (C=O) groups excluding carboxylic acids is 2. The van der Waals surface area contributed by atoms with Crippen LogP contribution in [0.1, 0.15) is 53.1 Å². The summed E-state index contributed by atoms with van der Waals surface area (Å²) in [4.78, 5) is 29.2. The zero-order valence-corrected chi connectivity index (χ0v) is 21.3. The summed E-state index contributed by atoms with van der Waals surface area (Å²) in [6.07, 6.45) is 1.73. The Labute approximate surface area is 213 Å². The third kappa shape index (κ3) is 6.50. The van der Waals surface area contributed by atoms with Crippen LogP contribution < -0.4 is 5.32 Å². The van der Waals surface area contributed by atoms with Gasteiger partial charge in [0.25, 0.3) is 5.91 Å². The first kappa shape index (κ1) is 26.0. The lowest BCUT2D eigenvalue weighted by Gasteiger charge is -2.19. The Hall–Kier alpha value is -2.61. The van der Waals surface area contributed by atoms with Crippen molar-refractivity contribution in [3.63, 3.8) is 0 Å². The molecule has 7 nitrogen and oxygen atoms in total. The van der Waals surface area contributed by atoms with Gasteiger partial charge in [0.1, 0.15) is 0 Å². The number of aromatic nitrogens is 3. The van der Waals surface area contributed by atoms with Gasteiger partial charge in [-0.05, 0) is 56.2 Å². The highest BCUT2D eigenvalue weighted by atomic mass is 35.5. The second-order valence-electron chi connectivity index (χ2n) is 7.87. The molecule has 1 aromatic carbocycles. The Kier molecular flexibility index (Phi) is 8.94. The van der Waals surface area contributed by atoms with Gasteiger partial charge >= 0.3 is 5.97 Å². The van der Waals surface area contributed by atoms with Crippen molar-refractivity contribution >= 4 is 46.7 Å². The molecule has 180 valence electrons. The Bertz CT molecular complexity index is 1200. The fourth-order valence-corrected chi connectivity index (χ4v) is 4.34. The molecule has 0 aliphatic rings. The Morgan fingerprint density at radius 3 is 2.50 bits per heavy atom. The summed E-state index contributed by atoms with van der Waals surface area (Å²) in [6, 6.07) is 10.4. The number of amides is 1. The molecule has 1 N–H and O–H groups in total. The lowest BCUT2D eigenvalue weighted by molar-refractivity contribution is -0.124. The molecule has 0 radical (unpaired) electrons. The molecule has 0 unspecified atom stereocenters. The number of ether oxygens (including phenoxy) is 1. The zero-order valence-electron chi connectivity index (χ0n) is 19.1. The van der Waals surface area contributed by atoms with Crippen LogP contribution >= 0.6 is 34.8 Å². The van der Waals surface area contributed by atoms with E-state index < -0.39 is 18.5 Å². The number of aryl methyl sites for hydroxylation is 2. The van der Waals surface area contributed by atoms with Crippen LogP contribution in [0.2, 0.25) is 15.1 Å². The van der Waals surface area contributed by atoms with Crippen molar-refractivity contribution in [2.24, 2.45) is 0 Å². The maximum Gasteiger partial charge on any atom is 0.359 e. The van der Waals surface area contributed by atoms with Gasteiger partial charge in [-0.1, -0.05) is 54.2 Å². The van der Waals surface area contributed by atoms with Crippen molar-refractivity contribution in [2.75, 3.05) is 13.2 Å². The normalized spacial score (nSPS) is 11.8. The van der Waals surface area contributed by atoms with Crippen LogP contribution in [-0.2, 0) is 9.53 Å². The molecule has 1 atom stereocenters. The SMILES string of the molecule is CCC[C@@H](CNC(=O)COC(=O)c1nc(-n2nc(C)cc2C)ccc1Cl)c1ccc(Cl)cc1Cl. The summed E-state index contributed by atoms with van der Waals surface area (Å²) in [5.74, 6) is -0.809. The van der Waals surface area contributed by atoms with Gasteiger partial charge in [0.15, 0.2) is 18.1 Å². The number of hydrogen-bond donors (Lipinski definition) is 1. The smallest absolute Gasteiger partial charge is 0.359 e. The maximum atomic E-state index is 12.6. The van der Waals surface area contributed by atoms with Gasteiger partial charge in [-0.3, -0.25) is 4.79 Å². The molecular formula is C24H25Cl3N4O3. The van der Waals surface area contributed by atoms with Crippen molar-refractivity contribution in [3.8, 4) is 5.82 Å². The second-order valence-corrected chi connectivity index (χ2v) is 9.12. The largest absolute Gasteiger partial charge is 0.451 e. The van der Waals surface area contributed by atoms with Gasteiger partial charge < -0.3 is 10.1 Å². The van der Waals surface area contributed by atoms with Crippen LogP contribution in [0.25, 0.3) is 5.82 Å². The Morgan fingerprint density at radius 1 is 1.09 bits per heavy atom. The molecule has 34 heavy (non-hydrogen) atoms. The molecule has 2 heterocycles. The topological polar surface area (TPSA) is 86.1 Å². The number of pyridine rings is 1. The number of rotatable bonds is 9. The monoisotopic (exact) mass is 522 g/mol. The van der Waals surface area contributed by atoms with E-state index in [1.165, 1.54) is 0 Å². The fraction of sp³-hybridized carbons (Fsp3) is 0.333. The van der Waals surface area contributed by atoms with Crippen molar-refractivity contribution in [1.82, 2.24) is 20.1 Å². The van der Waals surface area contributed by atoms with Crippen LogP contribution in [0.3, 0.4) is 0 Å². The molecule has 1 amide bonds. The van der Waals surface area contributed by atoms with E-state index in [9.17, 15) is 9.59 Å². The van der Waals surface area contributed by atoms with Gasteiger partial charge in [-0.25, -0.2) is 14.5 Å². The molecule has 0 spiro atoms. The van der Waals surface area contributed by atoms with Gasteiger partial charge in [0, 0.05) is 28.2 Å². The lowest BCUT2D eigenvalue weighted by atomic mass is 9.94. The minimum absolute atomic E-state index is 0.00276. The predicted molar refractivity (Wildman–Crippen MR) is 133 cm³/mol. The van der Waals surface area contributed by atoms with E-state index in [0.29, 0.717) is 22.4 Å². The average Bonchev–Trinajstić information content (AvgIpc) is 3.13. The van der Waals surface area contributed by atoms with Crippen LogP contribution in [-0.4, -0.2) is 39.8 Å². The van der Waals surface area contributed by atoms with E-state index in [-0.39, 0.29) is 16.6 Å². The second kappa shape index (κ2) is 11.7. The van der Waals surface area contributed by atoms with Crippen molar-refractivity contribution in [1.29, 1.82) is 0 Å². The number of benzene rings is 1. The summed E-state index contributed by atoms with van der Waals surface area (Å²) in [5, 5.41) is 8.38. The summed E-state index contributed by atoms with van der Waals surface area (Å²) < 4.78 is 6.77. The molecule has 0 saturated carbocycles. The molecule has 2 aromatic heterocycles. The third-order valence-corrected chi connectivity index (χ3v) is 6.04. The van der Waals surface area contributed by atoms with Gasteiger partial charge in [-0.2, -0.15) is 5.10 Å². The maximum absolute atomic E-state index is 12.6. The molecule has 0 fully saturated rings. The van der Waals surface area contributed by atoms with Gasteiger partial charge in [-0.15, -0.1) is 0 Å². The first-order chi connectivity index (χ1) is 16.2. The molecule has 0 saturated heterocycles. The van der Waals surface area contributed by atoms with Crippen LogP contribution in [0.5, 0.6) is 0 Å². The molecule has 10 heteroatoms. The first-order valence-electron chi connectivity index (χ1n) is 10.8. The number of esters is 1. The van der Waals surface area contributed by atoms with Crippen LogP contribution in [0.15, 0.2) is 36.4 Å². The fourth-order valence-electron chi connectivity index (χ4n) is 3.59. The molecule has 3 rings (SSSR count). The van der Waals surface area contributed by atoms with E-state index >= 15 is 0 Å². The molecule has 3 aromatic rings. The summed E-state index contributed by atoms with van der Waals surface area (Å²) in [6.45, 7) is 5.67. The average molecular weight is 524 g/mol. The van der Waals surface area contributed by atoms with E-state index in [4.69, 9.17) is 39.5 Å². The number of carbonyl (C=O) groups is 2. The third-order valence-electron chi connectivity index (χ3n) is 5.17. The number of hydrogen-bond acceptors (Lipinski definition) is 5. The minimum Gasteiger partial charge on any atom is -0.451 e. The van der Waals surface area contributed by atoms with Gasteiger partial charge in [0.2, 0.25) is 0 Å². The van der Waals surface area contributed by atoms with E-state index in [2.05, 4.69) is 22.3 Å². The van der Waals surface area contributed by atoms with E-state index in [1.54, 1.807) is 28.9 Å². The van der Waals surface area contributed by atoms with Crippen LogP contribution in [0.4, 0.5) is 0 Å². The minimum atomic E-state index is -0.797. The molecule has 0 aliphatic carbocycles. The van der Waals surface area contributed by atoms with Crippen molar-refractivity contribution in [2.45, 2.75) is 39.5 Å². The predicted octanol–water partition coefficient (Wildman–Crippen LogP) is 5.70. The Morgan fingerprint density at radius 2 is 1.85 bits per heavy atom. The summed E-state index contributed by atoms with van der Waals surface area (Å²) >= 11 is 18.5. The highest BCUT2D eigenvalue weighted by Gasteiger charge is 2.19. The summed E-state index contributed by atoms with van der Waals surface area (Å²) in [5.41, 5.74) is 2.49. The Balaban J connectivity index is 1.61. The quantitative estimate of drug-likeness (QED) is 0.364. The molecule has 0 bridgehead atoms. The molecule has 0 aliphatic heterocycles. The first-order valence-corrected chi connectivity index (χ1v) is 11.9. The standard InChI is InChI=1S/C24H25Cl3N4O3/c1-4-5-16(18-7-6-17(25)11-20(18)27)12-28-22(32)13-34-24(33)23-19(26)8-9-21(29-23)31-15(3)10-14(2)30-31/h6-11,16H,4-5,12-13H2,1-3H3,(H,28,32)/t16-/m0/s1. The number of halogens is 3. The number of nitrogens with one attached hydrogen (secondary N) is 1. The summed E-state index contributed by atoms with van der Waals surface area (Å²) in [7, 11) is 0. The molecular weight excluding hydrogens is 499 g/mol. The number of nitrogens with zero attached hydrogens (tertiary/aromatic N) is 3. The highest BCUT2D eigenvalue weighted by Crippen LogP contribution is 2.30.